The molecule has 0 aliphatic carbocycles. The largest absolute Gasteiger partial charge is 0.476 e. The third-order valence-corrected chi connectivity index (χ3v) is 2.72. The Kier molecular flexibility index (Phi) is 4.08. The highest BCUT2D eigenvalue weighted by molar-refractivity contribution is 6.33. The molecule has 0 atom stereocenters. The van der Waals surface area contributed by atoms with Gasteiger partial charge < -0.3 is 9.84 Å². The number of carboxylic acid groups (broad SMARTS) is 1. The van der Waals surface area contributed by atoms with Gasteiger partial charge >= 0.3 is 12.1 Å². The molecule has 2 aromatic rings. The number of halogens is 4. The first kappa shape index (κ1) is 15.2. The number of nitrogens with zero attached hydrogens (tertiary/aromatic N) is 2. The summed E-state index contributed by atoms with van der Waals surface area (Å²) < 4.78 is 43.8. The number of aromatic nitrogens is 2. The molecular formula is C12H8ClF3N2O3. The number of rotatable bonds is 4. The van der Waals surface area contributed by atoms with Crippen LogP contribution in [0.4, 0.5) is 13.2 Å². The summed E-state index contributed by atoms with van der Waals surface area (Å²) in [5.41, 5.74) is -1.20. The molecule has 1 aromatic carbocycles. The van der Waals surface area contributed by atoms with Gasteiger partial charge in [0.15, 0.2) is 12.4 Å². The van der Waals surface area contributed by atoms with Crippen LogP contribution in [0.3, 0.4) is 0 Å². The molecule has 1 heterocycles. The first-order chi connectivity index (χ1) is 9.77. The van der Waals surface area contributed by atoms with Crippen molar-refractivity contribution in [1.29, 1.82) is 0 Å². The first-order valence-electron chi connectivity index (χ1n) is 5.53. The average molecular weight is 321 g/mol. The molecule has 5 nitrogen and oxygen atoms in total. The topological polar surface area (TPSA) is 64.3 Å². The summed E-state index contributed by atoms with van der Waals surface area (Å²) >= 11 is 5.64. The maximum absolute atomic E-state index is 12.5. The predicted molar refractivity (Wildman–Crippen MR) is 66.3 cm³/mol. The number of aromatic carboxylic acids is 1. The minimum Gasteiger partial charge on any atom is -0.476 e. The van der Waals surface area contributed by atoms with E-state index in [2.05, 4.69) is 5.10 Å². The van der Waals surface area contributed by atoms with E-state index >= 15 is 0 Å². The number of hydrogen-bond donors (Lipinski definition) is 1. The van der Waals surface area contributed by atoms with Gasteiger partial charge in [-0.15, -0.1) is 0 Å². The number of carboxylic acids is 1. The van der Waals surface area contributed by atoms with Gasteiger partial charge in [0.2, 0.25) is 0 Å². The van der Waals surface area contributed by atoms with Crippen LogP contribution in [-0.4, -0.2) is 20.9 Å². The zero-order valence-electron chi connectivity index (χ0n) is 10.3. The minimum absolute atomic E-state index is 0.0201. The van der Waals surface area contributed by atoms with Gasteiger partial charge in [0, 0.05) is 6.20 Å². The first-order valence-corrected chi connectivity index (χ1v) is 5.91. The molecule has 2 rings (SSSR count). The van der Waals surface area contributed by atoms with Crippen molar-refractivity contribution in [3.05, 3.63) is 46.7 Å². The van der Waals surface area contributed by atoms with Crippen LogP contribution in [0, 0.1) is 0 Å². The molecule has 9 heteroatoms. The Morgan fingerprint density at radius 3 is 2.71 bits per heavy atom. The summed E-state index contributed by atoms with van der Waals surface area (Å²) in [7, 11) is 0. The van der Waals surface area contributed by atoms with Gasteiger partial charge in [0.25, 0.3) is 0 Å². The second-order valence-electron chi connectivity index (χ2n) is 3.97. The molecule has 0 radical (unpaired) electrons. The molecule has 0 aliphatic heterocycles. The summed E-state index contributed by atoms with van der Waals surface area (Å²) in [6, 6.07) is 4.30. The summed E-state index contributed by atoms with van der Waals surface area (Å²) in [5, 5.41) is 12.3. The zero-order chi connectivity index (χ0) is 15.6. The number of alkyl halides is 3. The van der Waals surface area contributed by atoms with E-state index in [1.165, 1.54) is 18.3 Å². The Bertz CT molecular complexity index is 670. The molecule has 0 saturated carbocycles. The van der Waals surface area contributed by atoms with Crippen LogP contribution in [-0.2, 0) is 12.9 Å². The van der Waals surface area contributed by atoms with E-state index < -0.39 is 17.7 Å². The third kappa shape index (κ3) is 3.66. The van der Waals surface area contributed by atoms with Gasteiger partial charge in [-0.1, -0.05) is 17.7 Å². The summed E-state index contributed by atoms with van der Waals surface area (Å²) in [6.45, 7) is -0.270. The van der Waals surface area contributed by atoms with E-state index in [0.717, 1.165) is 16.8 Å². The highest BCUT2D eigenvalue weighted by atomic mass is 35.5. The Balaban J connectivity index is 2.10. The standard InChI is InChI=1S/C12H8ClF3N2O3/c13-9-5-18(17-10(9)11(19)20)6-21-8-3-1-2-7(4-8)12(14,15)16/h1-5H,6H2,(H,19,20). The van der Waals surface area contributed by atoms with E-state index in [1.807, 2.05) is 0 Å². The summed E-state index contributed by atoms with van der Waals surface area (Å²) in [4.78, 5) is 10.7. The van der Waals surface area contributed by atoms with Crippen molar-refractivity contribution in [1.82, 2.24) is 9.78 Å². The smallest absolute Gasteiger partial charge is 0.416 e. The Morgan fingerprint density at radius 1 is 1.43 bits per heavy atom. The lowest BCUT2D eigenvalue weighted by molar-refractivity contribution is -0.137. The molecule has 112 valence electrons. The van der Waals surface area contributed by atoms with Crippen molar-refractivity contribution < 1.29 is 27.8 Å². The van der Waals surface area contributed by atoms with Crippen LogP contribution in [0.25, 0.3) is 0 Å². The fourth-order valence-electron chi connectivity index (χ4n) is 1.51. The number of benzene rings is 1. The van der Waals surface area contributed by atoms with Crippen molar-refractivity contribution in [3.8, 4) is 5.75 Å². The van der Waals surface area contributed by atoms with Gasteiger partial charge in [0.05, 0.1) is 10.6 Å². The van der Waals surface area contributed by atoms with E-state index in [1.54, 1.807) is 0 Å². The Hall–Kier alpha value is -2.22. The highest BCUT2D eigenvalue weighted by Gasteiger charge is 2.30. The fourth-order valence-corrected chi connectivity index (χ4v) is 1.74. The SMILES string of the molecule is O=C(O)c1nn(COc2cccc(C(F)(F)F)c2)cc1Cl. The highest BCUT2D eigenvalue weighted by Crippen LogP contribution is 2.31. The molecule has 0 unspecified atom stereocenters. The minimum atomic E-state index is -4.47. The maximum atomic E-state index is 12.5. The van der Waals surface area contributed by atoms with Crippen LogP contribution < -0.4 is 4.74 Å². The normalized spacial score (nSPS) is 11.4. The monoisotopic (exact) mass is 320 g/mol. The van der Waals surface area contributed by atoms with E-state index in [-0.39, 0.29) is 23.2 Å². The second kappa shape index (κ2) is 5.65. The van der Waals surface area contributed by atoms with Gasteiger partial charge in [-0.3, -0.25) is 0 Å². The lowest BCUT2D eigenvalue weighted by Gasteiger charge is -2.10. The number of hydrogen-bond acceptors (Lipinski definition) is 3. The molecule has 0 spiro atoms. The Labute approximate surface area is 121 Å². The number of ether oxygens (including phenoxy) is 1. The van der Waals surface area contributed by atoms with Crippen LogP contribution in [0.15, 0.2) is 30.5 Å². The van der Waals surface area contributed by atoms with Crippen molar-refractivity contribution in [2.45, 2.75) is 12.9 Å². The van der Waals surface area contributed by atoms with Crippen molar-refractivity contribution >= 4 is 17.6 Å². The van der Waals surface area contributed by atoms with Crippen LogP contribution >= 0.6 is 11.6 Å². The summed E-state index contributed by atoms with van der Waals surface area (Å²) in [6.07, 6.45) is -3.26. The van der Waals surface area contributed by atoms with Gasteiger partial charge in [-0.25, -0.2) is 9.48 Å². The Morgan fingerprint density at radius 2 is 2.14 bits per heavy atom. The molecule has 1 aromatic heterocycles. The van der Waals surface area contributed by atoms with Crippen LogP contribution in [0.2, 0.25) is 5.02 Å². The van der Waals surface area contributed by atoms with Gasteiger partial charge in [0.1, 0.15) is 5.75 Å². The van der Waals surface area contributed by atoms with Crippen LogP contribution in [0.1, 0.15) is 16.1 Å². The third-order valence-electron chi connectivity index (χ3n) is 2.44. The van der Waals surface area contributed by atoms with Gasteiger partial charge in [-0.2, -0.15) is 18.3 Å². The zero-order valence-corrected chi connectivity index (χ0v) is 11.0. The average Bonchev–Trinajstić information content (AvgIpc) is 2.77. The molecule has 1 N–H and O–H groups in total. The molecule has 0 amide bonds. The molecule has 21 heavy (non-hydrogen) atoms. The molecule has 0 fully saturated rings. The quantitative estimate of drug-likeness (QED) is 0.939. The molecular weight excluding hydrogens is 313 g/mol. The maximum Gasteiger partial charge on any atom is 0.416 e. The van der Waals surface area contributed by atoms with Crippen molar-refractivity contribution in [2.75, 3.05) is 0 Å². The van der Waals surface area contributed by atoms with E-state index in [9.17, 15) is 18.0 Å². The molecule has 0 saturated heterocycles. The fraction of sp³-hybridized carbons (Fsp3) is 0.167. The summed E-state index contributed by atoms with van der Waals surface area (Å²) in [5.74, 6) is -1.33. The number of carbonyl (C=O) groups is 1. The van der Waals surface area contributed by atoms with E-state index in [4.69, 9.17) is 21.4 Å². The lowest BCUT2D eigenvalue weighted by Crippen LogP contribution is -2.09. The van der Waals surface area contributed by atoms with Crippen LogP contribution in [0.5, 0.6) is 5.75 Å². The molecule has 0 bridgehead atoms. The predicted octanol–water partition coefficient (Wildman–Crippen LogP) is 3.29. The van der Waals surface area contributed by atoms with Gasteiger partial charge in [-0.05, 0) is 18.2 Å². The molecule has 0 aliphatic rings. The van der Waals surface area contributed by atoms with Crippen molar-refractivity contribution in [2.24, 2.45) is 0 Å². The lowest BCUT2D eigenvalue weighted by atomic mass is 10.2. The van der Waals surface area contributed by atoms with Crippen molar-refractivity contribution in [3.63, 3.8) is 0 Å². The second-order valence-corrected chi connectivity index (χ2v) is 4.38. The van der Waals surface area contributed by atoms with E-state index in [0.29, 0.717) is 0 Å².